The number of ether oxygens (including phenoxy) is 1. The summed E-state index contributed by atoms with van der Waals surface area (Å²) in [6, 6.07) is 0.122. The maximum absolute atomic E-state index is 12.7. The van der Waals surface area contributed by atoms with Crippen molar-refractivity contribution in [3.05, 3.63) is 36.4 Å². The summed E-state index contributed by atoms with van der Waals surface area (Å²) in [5.74, 6) is -0.622. The quantitative estimate of drug-likeness (QED) is 0.912. The third-order valence-electron chi connectivity index (χ3n) is 3.26. The molecule has 0 bridgehead atoms. The number of aromatic nitrogens is 4. The molecular formula is C13H14FN5O2. The summed E-state index contributed by atoms with van der Waals surface area (Å²) in [5, 5.41) is 0. The Labute approximate surface area is 120 Å². The summed E-state index contributed by atoms with van der Waals surface area (Å²) in [7, 11) is 0. The van der Waals surface area contributed by atoms with Crippen molar-refractivity contribution in [3.8, 4) is 6.01 Å². The van der Waals surface area contributed by atoms with Crippen LogP contribution in [-0.4, -0.2) is 49.9 Å². The number of nitrogens with zero attached hydrogens (tertiary/aromatic N) is 4. The zero-order chi connectivity index (χ0) is 14.7. The van der Waals surface area contributed by atoms with Crippen molar-refractivity contribution < 1.29 is 13.9 Å². The van der Waals surface area contributed by atoms with Crippen LogP contribution < -0.4 is 4.74 Å². The molecule has 110 valence electrons. The van der Waals surface area contributed by atoms with Crippen LogP contribution in [0.25, 0.3) is 0 Å². The number of hydrogen-bond acceptors (Lipinski definition) is 5. The van der Waals surface area contributed by atoms with Crippen LogP contribution in [0.2, 0.25) is 0 Å². The highest BCUT2D eigenvalue weighted by molar-refractivity contribution is 5.92. The zero-order valence-corrected chi connectivity index (χ0v) is 11.2. The molecule has 21 heavy (non-hydrogen) atoms. The highest BCUT2D eigenvalue weighted by Gasteiger charge is 2.26. The Hall–Kier alpha value is -2.51. The smallest absolute Gasteiger partial charge is 0.316 e. The van der Waals surface area contributed by atoms with Crippen molar-refractivity contribution in [1.82, 2.24) is 24.8 Å². The Kier molecular flexibility index (Phi) is 3.76. The number of aromatic amines is 1. The Bertz CT molecular complexity index is 602. The van der Waals surface area contributed by atoms with Crippen LogP contribution in [0.1, 0.15) is 23.3 Å². The van der Waals surface area contributed by atoms with E-state index in [4.69, 9.17) is 4.74 Å². The molecule has 1 saturated heterocycles. The molecule has 0 radical (unpaired) electrons. The molecule has 1 unspecified atom stereocenters. The van der Waals surface area contributed by atoms with E-state index >= 15 is 0 Å². The van der Waals surface area contributed by atoms with Gasteiger partial charge < -0.3 is 14.6 Å². The van der Waals surface area contributed by atoms with E-state index in [0.717, 1.165) is 25.2 Å². The Balaban J connectivity index is 1.63. The highest BCUT2D eigenvalue weighted by atomic mass is 19.1. The molecule has 8 heteroatoms. The minimum Gasteiger partial charge on any atom is -0.458 e. The van der Waals surface area contributed by atoms with Crippen LogP contribution in [0.3, 0.4) is 0 Å². The second kappa shape index (κ2) is 5.86. The molecule has 2 aromatic heterocycles. The molecule has 3 rings (SSSR count). The van der Waals surface area contributed by atoms with Crippen molar-refractivity contribution >= 4 is 5.91 Å². The summed E-state index contributed by atoms with van der Waals surface area (Å²) in [5.41, 5.74) is 0.452. The SMILES string of the molecule is O=C(c1cnc[nH]1)N1CCCC(Oc2ncc(F)cn2)C1. The van der Waals surface area contributed by atoms with E-state index in [-0.39, 0.29) is 18.0 Å². The molecular weight excluding hydrogens is 277 g/mol. The van der Waals surface area contributed by atoms with Crippen molar-refractivity contribution in [2.75, 3.05) is 13.1 Å². The van der Waals surface area contributed by atoms with Crippen molar-refractivity contribution in [2.45, 2.75) is 18.9 Å². The lowest BCUT2D eigenvalue weighted by molar-refractivity contribution is 0.0511. The second-order valence-electron chi connectivity index (χ2n) is 4.78. The van der Waals surface area contributed by atoms with Crippen LogP contribution in [0.15, 0.2) is 24.9 Å². The maximum Gasteiger partial charge on any atom is 0.316 e. The number of piperidine rings is 1. The van der Waals surface area contributed by atoms with E-state index in [1.165, 1.54) is 12.5 Å². The minimum atomic E-state index is -0.512. The lowest BCUT2D eigenvalue weighted by Gasteiger charge is -2.31. The van der Waals surface area contributed by atoms with Gasteiger partial charge >= 0.3 is 6.01 Å². The van der Waals surface area contributed by atoms with E-state index in [2.05, 4.69) is 19.9 Å². The summed E-state index contributed by atoms with van der Waals surface area (Å²) in [6.45, 7) is 1.11. The number of carbonyl (C=O) groups is 1. The number of nitrogens with one attached hydrogen (secondary N) is 1. The Morgan fingerprint density at radius 1 is 1.38 bits per heavy atom. The first-order valence-corrected chi connectivity index (χ1v) is 6.64. The molecule has 1 aliphatic rings. The fraction of sp³-hybridized carbons (Fsp3) is 0.385. The number of imidazole rings is 1. The van der Waals surface area contributed by atoms with Crippen LogP contribution >= 0.6 is 0 Å². The Morgan fingerprint density at radius 2 is 2.19 bits per heavy atom. The lowest BCUT2D eigenvalue weighted by Crippen LogP contribution is -2.44. The number of carbonyl (C=O) groups excluding carboxylic acids is 1. The first-order valence-electron chi connectivity index (χ1n) is 6.64. The topological polar surface area (TPSA) is 84.0 Å². The molecule has 0 aliphatic carbocycles. The molecule has 1 atom stereocenters. The summed E-state index contributed by atoms with van der Waals surface area (Å²) in [4.78, 5) is 28.1. The first kappa shape index (κ1) is 13.5. The van der Waals surface area contributed by atoms with Gasteiger partial charge in [-0.3, -0.25) is 4.79 Å². The van der Waals surface area contributed by atoms with E-state index < -0.39 is 5.82 Å². The van der Waals surface area contributed by atoms with E-state index in [0.29, 0.717) is 18.8 Å². The average molecular weight is 291 g/mol. The molecule has 0 saturated carbocycles. The fourth-order valence-corrected chi connectivity index (χ4v) is 2.27. The molecule has 0 aromatic carbocycles. The third kappa shape index (κ3) is 3.15. The summed E-state index contributed by atoms with van der Waals surface area (Å²) < 4.78 is 18.3. The molecule has 1 N–H and O–H groups in total. The molecule has 7 nitrogen and oxygen atoms in total. The van der Waals surface area contributed by atoms with Gasteiger partial charge in [0.25, 0.3) is 5.91 Å². The van der Waals surface area contributed by atoms with Gasteiger partial charge in [-0.1, -0.05) is 0 Å². The monoisotopic (exact) mass is 291 g/mol. The number of H-pyrrole nitrogens is 1. The van der Waals surface area contributed by atoms with E-state index in [1.54, 1.807) is 4.90 Å². The van der Waals surface area contributed by atoms with E-state index in [9.17, 15) is 9.18 Å². The maximum atomic E-state index is 12.7. The van der Waals surface area contributed by atoms with Gasteiger partial charge in [-0.2, -0.15) is 0 Å². The van der Waals surface area contributed by atoms with Gasteiger partial charge in [0.1, 0.15) is 11.8 Å². The number of hydrogen-bond donors (Lipinski definition) is 1. The van der Waals surface area contributed by atoms with Gasteiger partial charge in [-0.25, -0.2) is 19.3 Å². The number of amides is 1. The van der Waals surface area contributed by atoms with Crippen LogP contribution in [0, 0.1) is 5.82 Å². The van der Waals surface area contributed by atoms with Gasteiger partial charge in [-0.15, -0.1) is 0 Å². The molecule has 3 heterocycles. The predicted molar refractivity (Wildman–Crippen MR) is 70.1 cm³/mol. The average Bonchev–Trinajstić information content (AvgIpc) is 3.03. The summed E-state index contributed by atoms with van der Waals surface area (Å²) in [6.07, 6.45) is 6.50. The number of rotatable bonds is 3. The number of likely N-dealkylation sites (tertiary alicyclic amines) is 1. The van der Waals surface area contributed by atoms with Crippen molar-refractivity contribution in [2.24, 2.45) is 0 Å². The van der Waals surface area contributed by atoms with Gasteiger partial charge in [0.15, 0.2) is 5.82 Å². The highest BCUT2D eigenvalue weighted by Crippen LogP contribution is 2.16. The van der Waals surface area contributed by atoms with Crippen LogP contribution in [0.5, 0.6) is 6.01 Å². The van der Waals surface area contributed by atoms with Crippen LogP contribution in [0.4, 0.5) is 4.39 Å². The molecule has 1 amide bonds. The van der Waals surface area contributed by atoms with Gasteiger partial charge in [0.05, 0.1) is 31.5 Å². The van der Waals surface area contributed by atoms with E-state index in [1.807, 2.05) is 0 Å². The lowest BCUT2D eigenvalue weighted by atomic mass is 10.1. The van der Waals surface area contributed by atoms with Crippen LogP contribution in [-0.2, 0) is 0 Å². The molecule has 1 aliphatic heterocycles. The summed E-state index contributed by atoms with van der Waals surface area (Å²) >= 11 is 0. The van der Waals surface area contributed by atoms with Crippen molar-refractivity contribution in [3.63, 3.8) is 0 Å². The molecule has 0 spiro atoms. The normalized spacial score (nSPS) is 18.5. The molecule has 2 aromatic rings. The van der Waals surface area contributed by atoms with Crippen molar-refractivity contribution in [1.29, 1.82) is 0 Å². The molecule has 1 fully saturated rings. The van der Waals surface area contributed by atoms with Gasteiger partial charge in [-0.05, 0) is 12.8 Å². The number of halogens is 1. The first-order chi connectivity index (χ1) is 10.2. The second-order valence-corrected chi connectivity index (χ2v) is 4.78. The zero-order valence-electron chi connectivity index (χ0n) is 11.2. The Morgan fingerprint density at radius 3 is 2.90 bits per heavy atom. The standard InChI is InChI=1S/C13H14FN5O2/c14-9-4-16-13(17-5-9)21-10-2-1-3-19(7-10)12(20)11-6-15-8-18-11/h4-6,8,10H,1-3,7H2,(H,15,18). The minimum absolute atomic E-state index is 0.110. The van der Waals surface area contributed by atoms with Gasteiger partial charge in [0, 0.05) is 6.54 Å². The van der Waals surface area contributed by atoms with Gasteiger partial charge in [0.2, 0.25) is 0 Å². The third-order valence-corrected chi connectivity index (χ3v) is 3.26. The largest absolute Gasteiger partial charge is 0.458 e. The fourth-order valence-electron chi connectivity index (χ4n) is 2.27. The predicted octanol–water partition coefficient (Wildman–Crippen LogP) is 1.02.